The Morgan fingerprint density at radius 3 is 1.79 bits per heavy atom. The lowest BCUT2D eigenvalue weighted by Crippen LogP contribution is -2.36. The molecule has 0 radical (unpaired) electrons. The van der Waals surface area contributed by atoms with Crippen molar-refractivity contribution in [3.05, 3.63) is 34.9 Å². The number of halogens is 6. The summed E-state index contributed by atoms with van der Waals surface area (Å²) in [5, 5.41) is 8.72. The van der Waals surface area contributed by atoms with E-state index in [-0.39, 0.29) is 31.2 Å². The number of carboxylic acids is 1. The molecule has 1 N–H and O–H groups in total. The number of hydrogen-bond donors (Lipinski definition) is 1. The second-order valence-electron chi connectivity index (χ2n) is 4.92. The monoisotopic (exact) mass is 357 g/mol. The molecule has 0 unspecified atom stereocenters. The highest BCUT2D eigenvalue weighted by Crippen LogP contribution is 2.36. The van der Waals surface area contributed by atoms with Crippen molar-refractivity contribution in [1.29, 1.82) is 0 Å². The highest BCUT2D eigenvalue weighted by Gasteiger charge is 2.38. The van der Waals surface area contributed by atoms with Crippen molar-refractivity contribution in [2.24, 2.45) is 0 Å². The number of aliphatic carboxylic acids is 1. The summed E-state index contributed by atoms with van der Waals surface area (Å²) in [7, 11) is 0. The minimum absolute atomic E-state index is 0.0991. The molecule has 10 heteroatoms. The van der Waals surface area contributed by atoms with Crippen molar-refractivity contribution >= 4 is 11.9 Å². The number of alkyl halides is 6. The fourth-order valence-electron chi connectivity index (χ4n) is 1.95. The first-order valence-electron chi connectivity index (χ1n) is 6.66. The summed E-state index contributed by atoms with van der Waals surface area (Å²) in [6, 6.07) is 0.461. The van der Waals surface area contributed by atoms with E-state index in [1.54, 1.807) is 6.92 Å². The van der Waals surface area contributed by atoms with Crippen LogP contribution >= 0.6 is 0 Å². The molecule has 0 aliphatic carbocycles. The number of benzene rings is 1. The van der Waals surface area contributed by atoms with Gasteiger partial charge in [0, 0.05) is 12.1 Å². The number of hydrogen-bond acceptors (Lipinski definition) is 2. The largest absolute Gasteiger partial charge is 0.480 e. The Morgan fingerprint density at radius 2 is 1.46 bits per heavy atom. The molecule has 0 saturated heterocycles. The summed E-state index contributed by atoms with van der Waals surface area (Å²) < 4.78 is 76.6. The van der Waals surface area contributed by atoms with Crippen molar-refractivity contribution in [1.82, 2.24) is 4.90 Å². The van der Waals surface area contributed by atoms with E-state index in [1.807, 2.05) is 0 Å². The lowest BCUT2D eigenvalue weighted by atomic mass is 10.0. The summed E-state index contributed by atoms with van der Waals surface area (Å²) in [6.07, 6.45) is -9.89. The summed E-state index contributed by atoms with van der Waals surface area (Å²) in [5.74, 6) is -2.64. The van der Waals surface area contributed by atoms with Gasteiger partial charge in [0.25, 0.3) is 5.91 Å². The van der Waals surface area contributed by atoms with Crippen LogP contribution in [0.2, 0.25) is 0 Å². The molecule has 0 atom stereocenters. The molecule has 0 bridgehead atoms. The Morgan fingerprint density at radius 1 is 1.00 bits per heavy atom. The molecule has 0 spiro atoms. The number of rotatable bonds is 5. The van der Waals surface area contributed by atoms with Gasteiger partial charge in [-0.3, -0.25) is 9.59 Å². The first-order chi connectivity index (χ1) is 10.9. The smallest absolute Gasteiger partial charge is 0.416 e. The van der Waals surface area contributed by atoms with E-state index in [0.717, 1.165) is 0 Å². The molecule has 134 valence electrons. The molecule has 0 aliphatic rings. The standard InChI is InChI=1S/C14H13F6NO3/c1-2-3-21(7-11(22)23)12(24)8-4-9(13(15,16)17)6-10(5-8)14(18,19)20/h4-6H,2-3,7H2,1H3,(H,22,23). The highest BCUT2D eigenvalue weighted by atomic mass is 19.4. The van der Waals surface area contributed by atoms with Crippen molar-refractivity contribution in [3.8, 4) is 0 Å². The predicted octanol–water partition coefficient (Wildman–Crippen LogP) is 3.66. The molecular formula is C14H13F6NO3. The highest BCUT2D eigenvalue weighted by molar-refractivity contribution is 5.96. The fraction of sp³-hybridized carbons (Fsp3) is 0.429. The number of carboxylic acid groups (broad SMARTS) is 1. The van der Waals surface area contributed by atoms with Crippen molar-refractivity contribution < 1.29 is 41.0 Å². The van der Waals surface area contributed by atoms with Crippen LogP contribution in [0.1, 0.15) is 34.8 Å². The topological polar surface area (TPSA) is 57.6 Å². The van der Waals surface area contributed by atoms with Crippen molar-refractivity contribution in [3.63, 3.8) is 0 Å². The van der Waals surface area contributed by atoms with E-state index >= 15 is 0 Å². The molecule has 4 nitrogen and oxygen atoms in total. The SMILES string of the molecule is CCCN(CC(=O)O)C(=O)c1cc(C(F)(F)F)cc(C(F)(F)F)c1. The third-order valence-corrected chi connectivity index (χ3v) is 2.94. The van der Waals surface area contributed by atoms with E-state index in [9.17, 15) is 35.9 Å². The Hall–Kier alpha value is -2.26. The molecule has 1 aromatic rings. The number of amides is 1. The molecule has 0 fully saturated rings. The average Bonchev–Trinajstić information content (AvgIpc) is 2.43. The van der Waals surface area contributed by atoms with E-state index in [2.05, 4.69) is 0 Å². The van der Waals surface area contributed by atoms with E-state index < -0.39 is 47.5 Å². The zero-order chi connectivity index (χ0) is 18.7. The maximum atomic E-state index is 12.8. The Bertz CT molecular complexity index is 592. The van der Waals surface area contributed by atoms with Crippen LogP contribution in [0, 0.1) is 0 Å². The number of nitrogens with zero attached hydrogens (tertiary/aromatic N) is 1. The maximum absolute atomic E-state index is 12.8. The van der Waals surface area contributed by atoms with Gasteiger partial charge in [0.1, 0.15) is 6.54 Å². The summed E-state index contributed by atoms with van der Waals surface area (Å²) in [6.45, 7) is 0.627. The van der Waals surface area contributed by atoms with E-state index in [1.165, 1.54) is 0 Å². The Labute approximate surface area is 132 Å². The average molecular weight is 357 g/mol. The van der Waals surface area contributed by atoms with Crippen LogP contribution in [0.15, 0.2) is 18.2 Å². The molecule has 0 saturated carbocycles. The molecule has 24 heavy (non-hydrogen) atoms. The van der Waals surface area contributed by atoms with Gasteiger partial charge in [-0.25, -0.2) is 0 Å². The zero-order valence-corrected chi connectivity index (χ0v) is 12.3. The minimum Gasteiger partial charge on any atom is -0.480 e. The van der Waals surface area contributed by atoms with Crippen molar-refractivity contribution in [2.75, 3.05) is 13.1 Å². The molecule has 1 aromatic carbocycles. The third-order valence-electron chi connectivity index (χ3n) is 2.94. The summed E-state index contributed by atoms with van der Waals surface area (Å²) >= 11 is 0. The third kappa shape index (κ3) is 5.14. The lowest BCUT2D eigenvalue weighted by Gasteiger charge is -2.21. The maximum Gasteiger partial charge on any atom is 0.416 e. The fourth-order valence-corrected chi connectivity index (χ4v) is 1.95. The van der Waals surface area contributed by atoms with Gasteiger partial charge in [0.2, 0.25) is 0 Å². The van der Waals surface area contributed by atoms with Gasteiger partial charge in [-0.05, 0) is 24.6 Å². The lowest BCUT2D eigenvalue weighted by molar-refractivity contribution is -0.143. The Kier molecular flexibility index (Phi) is 5.85. The van der Waals surface area contributed by atoms with Crippen LogP contribution < -0.4 is 0 Å². The zero-order valence-electron chi connectivity index (χ0n) is 12.3. The first-order valence-corrected chi connectivity index (χ1v) is 6.66. The van der Waals surface area contributed by atoms with E-state index in [0.29, 0.717) is 4.90 Å². The van der Waals surface area contributed by atoms with Gasteiger partial charge in [-0.15, -0.1) is 0 Å². The Balaban J connectivity index is 3.39. The second-order valence-corrected chi connectivity index (χ2v) is 4.92. The second kappa shape index (κ2) is 7.10. The van der Waals surface area contributed by atoms with Crippen LogP contribution in [-0.2, 0) is 17.1 Å². The quantitative estimate of drug-likeness (QED) is 0.819. The predicted molar refractivity (Wildman–Crippen MR) is 70.3 cm³/mol. The summed E-state index contributed by atoms with van der Waals surface area (Å²) in [5.41, 5.74) is -4.13. The van der Waals surface area contributed by atoms with Crippen LogP contribution in [-0.4, -0.2) is 35.0 Å². The van der Waals surface area contributed by atoms with Crippen LogP contribution in [0.25, 0.3) is 0 Å². The molecule has 0 heterocycles. The first kappa shape index (κ1) is 19.8. The molecule has 0 aromatic heterocycles. The van der Waals surface area contributed by atoms with Gasteiger partial charge < -0.3 is 10.0 Å². The number of carbonyl (C=O) groups excluding carboxylic acids is 1. The van der Waals surface area contributed by atoms with Crippen LogP contribution in [0.4, 0.5) is 26.3 Å². The van der Waals surface area contributed by atoms with Gasteiger partial charge in [0.15, 0.2) is 0 Å². The van der Waals surface area contributed by atoms with Gasteiger partial charge in [-0.1, -0.05) is 6.92 Å². The molecule has 0 aliphatic heterocycles. The van der Waals surface area contributed by atoms with Gasteiger partial charge >= 0.3 is 18.3 Å². The van der Waals surface area contributed by atoms with Crippen LogP contribution in [0.5, 0.6) is 0 Å². The van der Waals surface area contributed by atoms with E-state index in [4.69, 9.17) is 5.11 Å². The normalized spacial score (nSPS) is 12.1. The van der Waals surface area contributed by atoms with Gasteiger partial charge in [-0.2, -0.15) is 26.3 Å². The van der Waals surface area contributed by atoms with Crippen LogP contribution in [0.3, 0.4) is 0 Å². The summed E-state index contributed by atoms with van der Waals surface area (Å²) in [4.78, 5) is 23.6. The molecule has 1 rings (SSSR count). The number of carbonyl (C=O) groups is 2. The molecular weight excluding hydrogens is 344 g/mol. The van der Waals surface area contributed by atoms with Crippen molar-refractivity contribution in [2.45, 2.75) is 25.7 Å². The van der Waals surface area contributed by atoms with Gasteiger partial charge in [0.05, 0.1) is 11.1 Å². The minimum atomic E-state index is -5.08. The molecule has 1 amide bonds.